The third kappa shape index (κ3) is 7.89. The fourth-order valence-electron chi connectivity index (χ4n) is 5.15. The minimum Gasteiger partial charge on any atom is -0.396 e. The van der Waals surface area contributed by atoms with Crippen LogP contribution in [-0.2, 0) is 16.0 Å². The molecule has 1 aliphatic rings. The van der Waals surface area contributed by atoms with Crippen LogP contribution in [0.25, 0.3) is 0 Å². The number of allylic oxidation sites excluding steroid dienone is 1. The number of fused-ring (bicyclic) bond motifs is 2. The van der Waals surface area contributed by atoms with Gasteiger partial charge in [0, 0.05) is 55.3 Å². The first-order valence-electron chi connectivity index (χ1n) is 12.7. The van der Waals surface area contributed by atoms with E-state index in [1.807, 2.05) is 13.0 Å². The molecule has 1 aromatic carbocycles. The molecule has 4 N–H and O–H groups in total. The van der Waals surface area contributed by atoms with E-state index >= 15 is 4.39 Å². The first-order chi connectivity index (χ1) is 17.4. The van der Waals surface area contributed by atoms with Gasteiger partial charge in [-0.25, -0.2) is 13.2 Å². The first-order valence-corrected chi connectivity index (χ1v) is 12.7. The summed E-state index contributed by atoms with van der Waals surface area (Å²) in [5.74, 6) is -6.02. The number of methoxy groups -OCH3 is 1. The molecule has 2 rings (SSSR count). The van der Waals surface area contributed by atoms with Crippen molar-refractivity contribution in [3.8, 4) is 0 Å². The standard InChI is InChI=1S/C28H40F3NO5/c1-15-9-20(14-34)26(35)17(3)11-18(4)27(37-5)19(13-33)8-6-7-16(2)28(36)32-23-12-22(29)24(30)21(10-15)25(23)31/h7,11-12,15,17,19-20,26-27,33-35H,6,8-10,13-14H2,1-5H3,(H,32,36)/b16-7+,18-11+/t15-,17-,19+,20+,26+,27-/m0/s1. The monoisotopic (exact) mass is 527 g/mol. The van der Waals surface area contributed by atoms with Crippen molar-refractivity contribution in [2.24, 2.45) is 23.7 Å². The Morgan fingerprint density at radius 1 is 1.08 bits per heavy atom. The maximum atomic E-state index is 15.2. The molecule has 1 aromatic rings. The molecule has 0 spiro atoms. The lowest BCUT2D eigenvalue weighted by molar-refractivity contribution is -0.112. The summed E-state index contributed by atoms with van der Waals surface area (Å²) in [5.41, 5.74) is 0.116. The van der Waals surface area contributed by atoms with Crippen LogP contribution in [-0.4, -0.2) is 53.8 Å². The van der Waals surface area contributed by atoms with E-state index in [1.54, 1.807) is 19.9 Å². The summed E-state index contributed by atoms with van der Waals surface area (Å²) in [6.45, 7) is 6.36. The van der Waals surface area contributed by atoms with Crippen LogP contribution >= 0.6 is 0 Å². The van der Waals surface area contributed by atoms with Gasteiger partial charge in [-0.15, -0.1) is 0 Å². The van der Waals surface area contributed by atoms with Crippen LogP contribution in [0.3, 0.4) is 0 Å². The molecule has 1 amide bonds. The number of nitrogens with one attached hydrogen (secondary N) is 1. The minimum atomic E-state index is -1.32. The summed E-state index contributed by atoms with van der Waals surface area (Å²) in [6, 6.07) is 0.619. The number of ether oxygens (including phenoxy) is 1. The number of rotatable bonds is 3. The largest absolute Gasteiger partial charge is 0.396 e. The van der Waals surface area contributed by atoms with Gasteiger partial charge in [-0.3, -0.25) is 4.79 Å². The van der Waals surface area contributed by atoms with Crippen LogP contribution in [0.2, 0.25) is 0 Å². The van der Waals surface area contributed by atoms with Crippen LogP contribution < -0.4 is 5.32 Å². The zero-order valence-electron chi connectivity index (χ0n) is 22.2. The van der Waals surface area contributed by atoms with Crippen LogP contribution in [0.15, 0.2) is 29.4 Å². The molecule has 0 saturated carbocycles. The minimum absolute atomic E-state index is 0.167. The highest BCUT2D eigenvalue weighted by Crippen LogP contribution is 2.31. The highest BCUT2D eigenvalue weighted by Gasteiger charge is 2.29. The molecule has 37 heavy (non-hydrogen) atoms. The Bertz CT molecular complexity index is 997. The number of carbonyl (C=O) groups is 1. The van der Waals surface area contributed by atoms with E-state index in [4.69, 9.17) is 4.74 Å². The molecule has 0 aromatic heterocycles. The molecule has 1 heterocycles. The fourth-order valence-corrected chi connectivity index (χ4v) is 5.15. The summed E-state index contributed by atoms with van der Waals surface area (Å²) in [6.07, 6.45) is 3.00. The third-order valence-corrected chi connectivity index (χ3v) is 7.25. The number of hydrogen-bond donors (Lipinski definition) is 4. The Morgan fingerprint density at radius 2 is 1.73 bits per heavy atom. The number of amides is 1. The molecule has 9 heteroatoms. The van der Waals surface area contributed by atoms with Crippen LogP contribution in [0.4, 0.5) is 18.9 Å². The molecule has 0 unspecified atom stereocenters. The Kier molecular flexibility index (Phi) is 11.8. The van der Waals surface area contributed by atoms with Gasteiger partial charge in [0.15, 0.2) is 17.5 Å². The molecule has 0 saturated heterocycles. The lowest BCUT2D eigenvalue weighted by atomic mass is 9.82. The second-order valence-corrected chi connectivity index (χ2v) is 10.3. The van der Waals surface area contributed by atoms with E-state index in [-0.39, 0.29) is 43.5 Å². The van der Waals surface area contributed by atoms with Crippen LogP contribution in [0.5, 0.6) is 0 Å². The quantitative estimate of drug-likeness (QED) is 0.342. The molecular formula is C28H40F3NO5. The molecule has 0 radical (unpaired) electrons. The predicted octanol–water partition coefficient (Wildman–Crippen LogP) is 4.53. The number of aliphatic hydroxyl groups is 3. The fraction of sp³-hybridized carbons (Fsp3) is 0.607. The zero-order chi connectivity index (χ0) is 27.9. The van der Waals surface area contributed by atoms with Crippen molar-refractivity contribution in [3.63, 3.8) is 0 Å². The van der Waals surface area contributed by atoms with Gasteiger partial charge in [0.2, 0.25) is 0 Å². The summed E-state index contributed by atoms with van der Waals surface area (Å²) in [4.78, 5) is 12.6. The van der Waals surface area contributed by atoms with Crippen molar-refractivity contribution in [2.45, 2.75) is 65.6 Å². The number of hydrogen-bond acceptors (Lipinski definition) is 5. The number of benzene rings is 1. The van der Waals surface area contributed by atoms with Gasteiger partial charge in [0.05, 0.1) is 17.9 Å². The van der Waals surface area contributed by atoms with Gasteiger partial charge in [0.1, 0.15) is 0 Å². The van der Waals surface area contributed by atoms with E-state index in [0.717, 1.165) is 5.57 Å². The van der Waals surface area contributed by atoms with Crippen molar-refractivity contribution in [1.29, 1.82) is 0 Å². The molecule has 0 aliphatic carbocycles. The Morgan fingerprint density at radius 3 is 2.32 bits per heavy atom. The van der Waals surface area contributed by atoms with Gasteiger partial charge in [0.25, 0.3) is 5.91 Å². The smallest absolute Gasteiger partial charge is 0.251 e. The molecule has 0 fully saturated rings. The van der Waals surface area contributed by atoms with Gasteiger partial charge in [-0.2, -0.15) is 0 Å². The average Bonchev–Trinajstić information content (AvgIpc) is 2.86. The number of aliphatic hydroxyl groups excluding tert-OH is 3. The SMILES string of the molecule is CO[C@H]1/C(C)=C/[C@H](C)[C@@H](O)[C@@H](CO)C[C@H](C)Cc2c(F)c(F)cc(c2F)NC(=O)/C(C)=C/CC[C@@H]1CO. The van der Waals surface area contributed by atoms with Gasteiger partial charge < -0.3 is 25.4 Å². The molecule has 1 aliphatic heterocycles. The van der Waals surface area contributed by atoms with Gasteiger partial charge in [-0.05, 0) is 51.0 Å². The van der Waals surface area contributed by atoms with Crippen molar-refractivity contribution < 1.29 is 38.0 Å². The third-order valence-electron chi connectivity index (χ3n) is 7.25. The van der Waals surface area contributed by atoms with Crippen molar-refractivity contribution in [3.05, 3.63) is 52.4 Å². The van der Waals surface area contributed by atoms with Crippen molar-refractivity contribution >= 4 is 11.6 Å². The van der Waals surface area contributed by atoms with Gasteiger partial charge >= 0.3 is 0 Å². The van der Waals surface area contributed by atoms with Crippen LogP contribution in [0.1, 0.15) is 52.5 Å². The highest BCUT2D eigenvalue weighted by molar-refractivity contribution is 6.03. The Balaban J connectivity index is 2.53. The molecule has 6 atom stereocenters. The maximum Gasteiger partial charge on any atom is 0.251 e. The Hall–Kier alpha value is -2.20. The lowest BCUT2D eigenvalue weighted by Gasteiger charge is -2.29. The topological polar surface area (TPSA) is 99.0 Å². The van der Waals surface area contributed by atoms with E-state index in [9.17, 15) is 28.9 Å². The summed E-state index contributed by atoms with van der Waals surface area (Å²) in [7, 11) is 1.54. The maximum absolute atomic E-state index is 15.2. The highest BCUT2D eigenvalue weighted by atomic mass is 19.2. The van der Waals surface area contributed by atoms with E-state index < -0.39 is 58.7 Å². The molecule has 2 bridgehead atoms. The summed E-state index contributed by atoms with van der Waals surface area (Å²) in [5, 5.41) is 33.3. The summed E-state index contributed by atoms with van der Waals surface area (Å²) >= 11 is 0. The lowest BCUT2D eigenvalue weighted by Crippen LogP contribution is -2.32. The normalized spacial score (nSPS) is 31.7. The van der Waals surface area contributed by atoms with E-state index in [1.165, 1.54) is 14.0 Å². The van der Waals surface area contributed by atoms with Crippen LogP contribution in [0, 0.1) is 41.1 Å². The second-order valence-electron chi connectivity index (χ2n) is 10.3. The number of halogens is 3. The van der Waals surface area contributed by atoms with E-state index in [2.05, 4.69) is 5.32 Å². The first kappa shape index (κ1) is 31.0. The number of anilines is 1. The summed E-state index contributed by atoms with van der Waals surface area (Å²) < 4.78 is 49.8. The van der Waals surface area contributed by atoms with Crippen molar-refractivity contribution in [1.82, 2.24) is 0 Å². The second kappa shape index (κ2) is 14.1. The Labute approximate surface area is 217 Å². The predicted molar refractivity (Wildman–Crippen MR) is 136 cm³/mol. The molecular weight excluding hydrogens is 487 g/mol. The van der Waals surface area contributed by atoms with Gasteiger partial charge in [-0.1, -0.05) is 26.0 Å². The number of carbonyl (C=O) groups excluding carboxylic acids is 1. The molecule has 208 valence electrons. The van der Waals surface area contributed by atoms with Crippen molar-refractivity contribution in [2.75, 3.05) is 25.6 Å². The molecule has 6 nitrogen and oxygen atoms in total. The van der Waals surface area contributed by atoms with E-state index in [0.29, 0.717) is 18.9 Å². The zero-order valence-corrected chi connectivity index (χ0v) is 22.2. The average molecular weight is 528 g/mol.